The molecule has 1 N–H and O–H groups in total. The average molecular weight is 332 g/mol. The molecule has 0 fully saturated rings. The molecule has 1 aromatic carbocycles. The lowest BCUT2D eigenvalue weighted by molar-refractivity contribution is -0.153. The van der Waals surface area contributed by atoms with E-state index >= 15 is 0 Å². The summed E-state index contributed by atoms with van der Waals surface area (Å²) in [6, 6.07) is 0.934. The minimum Gasteiger partial charge on any atom is -0.242 e. The fraction of sp³-hybridized carbons (Fsp3) is 0.500. The van der Waals surface area contributed by atoms with Gasteiger partial charge in [0, 0.05) is 5.56 Å². The van der Waals surface area contributed by atoms with Gasteiger partial charge >= 0.3 is 6.18 Å². The van der Waals surface area contributed by atoms with Gasteiger partial charge in [0.15, 0.2) is 0 Å². The number of halogens is 5. The largest absolute Gasteiger partial charge is 0.408 e. The minimum atomic E-state index is -4.80. The first kappa shape index (κ1) is 17.4. The molecular weight excluding hydrogens is 318 g/mol. The molecule has 0 aliphatic carbocycles. The van der Waals surface area contributed by atoms with Gasteiger partial charge in [-0.15, -0.1) is 0 Å². The maximum absolute atomic E-state index is 13.8. The van der Waals surface area contributed by atoms with Gasteiger partial charge in [-0.25, -0.2) is 13.3 Å². The number of benzene rings is 1. The van der Waals surface area contributed by atoms with E-state index in [1.54, 1.807) is 0 Å². The average Bonchev–Trinajstić information content (AvgIpc) is 2.27. The van der Waals surface area contributed by atoms with E-state index in [0.29, 0.717) is 0 Å². The van der Waals surface area contributed by atoms with Crippen molar-refractivity contribution < 1.29 is 21.8 Å². The molecule has 0 unspecified atom stereocenters. The molecule has 0 aliphatic heterocycles. The predicted molar refractivity (Wildman–Crippen MR) is 71.2 cm³/mol. The van der Waals surface area contributed by atoms with Crippen LogP contribution in [0, 0.1) is 5.82 Å². The Balaban J connectivity index is 3.22. The van der Waals surface area contributed by atoms with E-state index in [9.17, 15) is 21.8 Å². The smallest absolute Gasteiger partial charge is 0.242 e. The second-order valence-electron chi connectivity index (χ2n) is 5.12. The van der Waals surface area contributed by atoms with Crippen LogP contribution < -0.4 is 4.72 Å². The molecule has 1 rings (SSSR count). The van der Waals surface area contributed by atoms with Crippen molar-refractivity contribution in [3.63, 3.8) is 0 Å². The molecule has 0 bridgehead atoms. The third kappa shape index (κ3) is 4.17. The highest BCUT2D eigenvalue weighted by molar-refractivity contribution is 7.84. The first-order valence-electron chi connectivity index (χ1n) is 5.63. The van der Waals surface area contributed by atoms with E-state index in [1.807, 2.05) is 4.72 Å². The summed E-state index contributed by atoms with van der Waals surface area (Å²) < 4.78 is 65.8. The van der Waals surface area contributed by atoms with Crippen molar-refractivity contribution in [1.29, 1.82) is 0 Å². The Morgan fingerprint density at radius 1 is 1.25 bits per heavy atom. The normalized spacial score (nSPS) is 16.0. The van der Waals surface area contributed by atoms with Crippen molar-refractivity contribution in [1.82, 2.24) is 4.72 Å². The zero-order chi connectivity index (χ0) is 15.7. The molecule has 1 aromatic rings. The van der Waals surface area contributed by atoms with Crippen molar-refractivity contribution in [2.75, 3.05) is 0 Å². The lowest BCUT2D eigenvalue weighted by atomic mass is 10.1. The van der Waals surface area contributed by atoms with Gasteiger partial charge in [0.1, 0.15) is 11.9 Å². The molecule has 0 saturated carbocycles. The molecule has 0 radical (unpaired) electrons. The summed E-state index contributed by atoms with van der Waals surface area (Å²) in [5, 5.41) is -0.417. The maximum atomic E-state index is 13.8. The second-order valence-corrected chi connectivity index (χ2v) is 7.52. The fourth-order valence-corrected chi connectivity index (χ4v) is 2.34. The monoisotopic (exact) mass is 331 g/mol. The molecule has 2 nitrogen and oxygen atoms in total. The fourth-order valence-electron chi connectivity index (χ4n) is 1.33. The SMILES string of the molecule is CC(C)(C)[S@](=O)N[C@H](c1cccc(Cl)c1F)C(F)(F)F. The lowest BCUT2D eigenvalue weighted by Crippen LogP contribution is -2.42. The first-order valence-corrected chi connectivity index (χ1v) is 7.16. The van der Waals surface area contributed by atoms with Crippen molar-refractivity contribution in [3.8, 4) is 0 Å². The Hall–Kier alpha value is -0.660. The minimum absolute atomic E-state index is 0.417. The third-order valence-electron chi connectivity index (χ3n) is 2.40. The molecule has 0 saturated heterocycles. The van der Waals surface area contributed by atoms with Gasteiger partial charge in [-0.3, -0.25) is 0 Å². The second kappa shape index (κ2) is 5.99. The Bertz CT molecular complexity index is 513. The van der Waals surface area contributed by atoms with Crippen LogP contribution in [0.1, 0.15) is 32.4 Å². The van der Waals surface area contributed by atoms with E-state index in [0.717, 1.165) is 12.1 Å². The Morgan fingerprint density at radius 3 is 2.25 bits per heavy atom. The zero-order valence-corrected chi connectivity index (χ0v) is 12.6. The molecular formula is C12H14ClF4NOS. The summed E-state index contributed by atoms with van der Waals surface area (Å²) in [6.45, 7) is 4.54. The Kier molecular flexibility index (Phi) is 5.21. The highest BCUT2D eigenvalue weighted by Crippen LogP contribution is 2.36. The Morgan fingerprint density at radius 2 is 1.80 bits per heavy atom. The maximum Gasteiger partial charge on any atom is 0.408 e. The first-order chi connectivity index (χ1) is 8.94. The van der Waals surface area contributed by atoms with Crippen LogP contribution >= 0.6 is 11.6 Å². The van der Waals surface area contributed by atoms with Gasteiger partial charge in [0.25, 0.3) is 0 Å². The summed E-state index contributed by atoms with van der Waals surface area (Å²) in [4.78, 5) is 0. The van der Waals surface area contributed by atoms with Gasteiger partial charge in [0.05, 0.1) is 20.8 Å². The van der Waals surface area contributed by atoms with Crippen molar-refractivity contribution in [2.45, 2.75) is 37.7 Å². The van der Waals surface area contributed by atoms with Crippen LogP contribution in [0.4, 0.5) is 17.6 Å². The van der Waals surface area contributed by atoms with Crippen LogP contribution in [0.5, 0.6) is 0 Å². The summed E-state index contributed by atoms with van der Waals surface area (Å²) in [6.07, 6.45) is -4.80. The molecule has 114 valence electrons. The van der Waals surface area contributed by atoms with Gasteiger partial charge in [-0.2, -0.15) is 13.2 Å². The van der Waals surface area contributed by atoms with E-state index in [4.69, 9.17) is 11.6 Å². The number of nitrogens with one attached hydrogen (secondary N) is 1. The quantitative estimate of drug-likeness (QED) is 0.829. The summed E-state index contributed by atoms with van der Waals surface area (Å²) in [5.74, 6) is -1.17. The van der Waals surface area contributed by atoms with Gasteiger partial charge < -0.3 is 0 Å². The van der Waals surface area contributed by atoms with Gasteiger partial charge in [-0.1, -0.05) is 23.7 Å². The molecule has 0 aromatic heterocycles. The molecule has 20 heavy (non-hydrogen) atoms. The van der Waals surface area contributed by atoms with Crippen molar-refractivity contribution in [3.05, 3.63) is 34.6 Å². The molecule has 0 spiro atoms. The van der Waals surface area contributed by atoms with E-state index in [2.05, 4.69) is 0 Å². The summed E-state index contributed by atoms with van der Waals surface area (Å²) in [5.41, 5.74) is -0.678. The summed E-state index contributed by atoms with van der Waals surface area (Å²) in [7, 11) is -2.01. The lowest BCUT2D eigenvalue weighted by Gasteiger charge is -2.26. The van der Waals surface area contributed by atoms with Crippen LogP contribution in [0.15, 0.2) is 18.2 Å². The molecule has 0 heterocycles. The number of rotatable bonds is 3. The molecule has 0 aliphatic rings. The van der Waals surface area contributed by atoms with Crippen LogP contribution in [-0.4, -0.2) is 15.1 Å². The van der Waals surface area contributed by atoms with Crippen LogP contribution in [0.25, 0.3) is 0 Å². The van der Waals surface area contributed by atoms with Crippen molar-refractivity contribution >= 4 is 22.6 Å². The summed E-state index contributed by atoms with van der Waals surface area (Å²) >= 11 is 5.49. The number of alkyl halides is 3. The van der Waals surface area contributed by atoms with Gasteiger partial charge in [-0.05, 0) is 26.8 Å². The zero-order valence-electron chi connectivity index (χ0n) is 11.0. The highest BCUT2D eigenvalue weighted by atomic mass is 35.5. The molecule has 2 atom stereocenters. The highest BCUT2D eigenvalue weighted by Gasteiger charge is 2.44. The predicted octanol–water partition coefficient (Wildman–Crippen LogP) is 4.13. The van der Waals surface area contributed by atoms with Crippen LogP contribution in [0.2, 0.25) is 5.02 Å². The molecule has 8 heteroatoms. The third-order valence-corrected chi connectivity index (χ3v) is 4.25. The van der Waals surface area contributed by atoms with Crippen molar-refractivity contribution in [2.24, 2.45) is 0 Å². The van der Waals surface area contributed by atoms with E-state index < -0.39 is 44.4 Å². The number of hydrogen-bond donors (Lipinski definition) is 1. The number of hydrogen-bond acceptors (Lipinski definition) is 1. The topological polar surface area (TPSA) is 29.1 Å². The van der Waals surface area contributed by atoms with E-state index in [-0.39, 0.29) is 0 Å². The van der Waals surface area contributed by atoms with Crippen LogP contribution in [0.3, 0.4) is 0 Å². The molecule has 0 amide bonds. The van der Waals surface area contributed by atoms with Crippen LogP contribution in [-0.2, 0) is 11.0 Å². The van der Waals surface area contributed by atoms with E-state index in [1.165, 1.54) is 26.8 Å². The van der Waals surface area contributed by atoms with Gasteiger partial charge in [0.2, 0.25) is 0 Å². The Labute approximate surface area is 122 Å². The standard InChI is InChI=1S/C12H14ClF4NOS/c1-11(2,3)20(19)18-10(12(15,16)17)7-5-4-6-8(13)9(7)14/h4-6,10,18H,1-3H3/t10-,20+/m1/s1.